The molecule has 0 bridgehead atoms. The molecule has 1 aliphatic rings. The third-order valence-electron chi connectivity index (χ3n) is 3.95. The van der Waals surface area contributed by atoms with E-state index >= 15 is 0 Å². The maximum Gasteiger partial charge on any atom is 0.241 e. The van der Waals surface area contributed by atoms with Crippen molar-refractivity contribution in [3.8, 4) is 5.95 Å². The SMILES string of the molecule is CCNc1nc(N2CC(C)C(C)C2)nc(-n2ccnc2)n1. The second-order valence-electron chi connectivity index (χ2n) is 5.62. The highest BCUT2D eigenvalue weighted by Gasteiger charge is 2.28. The standard InChI is InChI=1S/C14H21N7/c1-4-16-12-17-13(20-6-5-15-9-20)19-14(18-12)21-7-10(2)11(3)8-21/h5-6,9-11H,4,7-8H2,1-3H3,(H,16,17,18,19). The molecule has 1 aliphatic heterocycles. The van der Waals surface area contributed by atoms with E-state index in [1.54, 1.807) is 17.1 Å². The molecule has 1 N–H and O–H groups in total. The second-order valence-corrected chi connectivity index (χ2v) is 5.62. The van der Waals surface area contributed by atoms with Crippen molar-refractivity contribution < 1.29 is 0 Å². The van der Waals surface area contributed by atoms with Gasteiger partial charge in [-0.2, -0.15) is 15.0 Å². The number of hydrogen-bond donors (Lipinski definition) is 1. The average molecular weight is 287 g/mol. The van der Waals surface area contributed by atoms with E-state index in [1.807, 2.05) is 13.1 Å². The number of nitrogens with one attached hydrogen (secondary N) is 1. The summed E-state index contributed by atoms with van der Waals surface area (Å²) in [6, 6.07) is 0. The smallest absolute Gasteiger partial charge is 0.241 e. The van der Waals surface area contributed by atoms with E-state index in [9.17, 15) is 0 Å². The molecular weight excluding hydrogens is 266 g/mol. The molecule has 2 unspecified atom stereocenters. The Morgan fingerprint density at radius 2 is 1.86 bits per heavy atom. The molecule has 112 valence electrons. The molecule has 0 aromatic carbocycles. The first-order valence-electron chi connectivity index (χ1n) is 7.40. The molecule has 0 saturated carbocycles. The fraction of sp³-hybridized carbons (Fsp3) is 0.571. The van der Waals surface area contributed by atoms with Crippen LogP contribution in [0.5, 0.6) is 0 Å². The summed E-state index contributed by atoms with van der Waals surface area (Å²) in [6.45, 7) is 9.32. The van der Waals surface area contributed by atoms with Crippen LogP contribution in [0.1, 0.15) is 20.8 Å². The average Bonchev–Trinajstić information content (AvgIpc) is 3.10. The van der Waals surface area contributed by atoms with Crippen LogP contribution in [0.4, 0.5) is 11.9 Å². The molecule has 7 nitrogen and oxygen atoms in total. The zero-order chi connectivity index (χ0) is 14.8. The van der Waals surface area contributed by atoms with Gasteiger partial charge in [-0.25, -0.2) is 4.98 Å². The number of aromatic nitrogens is 5. The van der Waals surface area contributed by atoms with Gasteiger partial charge in [0.25, 0.3) is 0 Å². The quantitative estimate of drug-likeness (QED) is 0.920. The van der Waals surface area contributed by atoms with Gasteiger partial charge in [0.2, 0.25) is 17.8 Å². The monoisotopic (exact) mass is 287 g/mol. The van der Waals surface area contributed by atoms with Crippen LogP contribution in [-0.4, -0.2) is 44.1 Å². The maximum absolute atomic E-state index is 4.60. The van der Waals surface area contributed by atoms with Crippen LogP contribution in [0.2, 0.25) is 0 Å². The van der Waals surface area contributed by atoms with E-state index in [1.165, 1.54) is 0 Å². The van der Waals surface area contributed by atoms with Gasteiger partial charge in [-0.15, -0.1) is 0 Å². The highest BCUT2D eigenvalue weighted by molar-refractivity contribution is 5.41. The van der Waals surface area contributed by atoms with Crippen LogP contribution in [0.15, 0.2) is 18.7 Å². The minimum atomic E-state index is 0.598. The summed E-state index contributed by atoms with van der Waals surface area (Å²) >= 11 is 0. The van der Waals surface area contributed by atoms with Crippen molar-refractivity contribution in [2.75, 3.05) is 29.9 Å². The summed E-state index contributed by atoms with van der Waals surface area (Å²) in [5, 5.41) is 3.17. The van der Waals surface area contributed by atoms with Crippen molar-refractivity contribution in [1.82, 2.24) is 24.5 Å². The van der Waals surface area contributed by atoms with E-state index in [4.69, 9.17) is 0 Å². The van der Waals surface area contributed by atoms with E-state index in [2.05, 4.69) is 44.0 Å². The normalized spacial score (nSPS) is 21.8. The molecule has 21 heavy (non-hydrogen) atoms. The Morgan fingerprint density at radius 1 is 1.14 bits per heavy atom. The van der Waals surface area contributed by atoms with Crippen LogP contribution < -0.4 is 10.2 Å². The topological polar surface area (TPSA) is 71.8 Å². The Balaban J connectivity index is 1.96. The zero-order valence-corrected chi connectivity index (χ0v) is 12.7. The molecule has 0 spiro atoms. The lowest BCUT2D eigenvalue weighted by Gasteiger charge is -2.17. The molecule has 7 heteroatoms. The Hall–Kier alpha value is -2.18. The van der Waals surface area contributed by atoms with Gasteiger partial charge < -0.3 is 10.2 Å². The van der Waals surface area contributed by atoms with Gasteiger partial charge in [0.1, 0.15) is 6.33 Å². The van der Waals surface area contributed by atoms with Crippen molar-refractivity contribution in [3.63, 3.8) is 0 Å². The lowest BCUT2D eigenvalue weighted by Crippen LogP contribution is -2.24. The molecule has 2 aromatic heterocycles. The third kappa shape index (κ3) is 2.81. The fourth-order valence-corrected chi connectivity index (χ4v) is 2.52. The Labute approximate surface area is 124 Å². The largest absolute Gasteiger partial charge is 0.354 e. The number of hydrogen-bond acceptors (Lipinski definition) is 6. The van der Waals surface area contributed by atoms with Crippen LogP contribution >= 0.6 is 0 Å². The highest BCUT2D eigenvalue weighted by atomic mass is 15.3. The van der Waals surface area contributed by atoms with Gasteiger partial charge in [-0.1, -0.05) is 13.8 Å². The fourth-order valence-electron chi connectivity index (χ4n) is 2.52. The van der Waals surface area contributed by atoms with Crippen LogP contribution in [0, 0.1) is 11.8 Å². The van der Waals surface area contributed by atoms with Gasteiger partial charge in [-0.3, -0.25) is 4.57 Å². The van der Waals surface area contributed by atoms with E-state index in [-0.39, 0.29) is 0 Å². The Kier molecular flexibility index (Phi) is 3.72. The van der Waals surface area contributed by atoms with E-state index in [0.717, 1.165) is 25.6 Å². The van der Waals surface area contributed by atoms with Crippen molar-refractivity contribution >= 4 is 11.9 Å². The van der Waals surface area contributed by atoms with E-state index in [0.29, 0.717) is 23.7 Å². The van der Waals surface area contributed by atoms with Crippen LogP contribution in [0.3, 0.4) is 0 Å². The second kappa shape index (κ2) is 5.67. The maximum atomic E-state index is 4.60. The van der Waals surface area contributed by atoms with Gasteiger partial charge in [0.15, 0.2) is 0 Å². The first kappa shape index (κ1) is 13.8. The third-order valence-corrected chi connectivity index (χ3v) is 3.95. The highest BCUT2D eigenvalue weighted by Crippen LogP contribution is 2.26. The van der Waals surface area contributed by atoms with Crippen molar-refractivity contribution in [2.45, 2.75) is 20.8 Å². The van der Waals surface area contributed by atoms with Gasteiger partial charge >= 0.3 is 0 Å². The summed E-state index contributed by atoms with van der Waals surface area (Å²) in [5.41, 5.74) is 0. The summed E-state index contributed by atoms with van der Waals surface area (Å²) in [5.74, 6) is 3.25. The number of anilines is 2. The lowest BCUT2D eigenvalue weighted by atomic mass is 10.0. The predicted octanol–water partition coefficient (Wildman–Crippen LogP) is 1.58. The molecule has 2 aromatic rings. The summed E-state index contributed by atoms with van der Waals surface area (Å²) in [7, 11) is 0. The Morgan fingerprint density at radius 3 is 2.48 bits per heavy atom. The molecule has 0 radical (unpaired) electrons. The van der Waals surface area contributed by atoms with Crippen molar-refractivity contribution in [1.29, 1.82) is 0 Å². The molecule has 2 atom stereocenters. The van der Waals surface area contributed by atoms with Crippen LogP contribution in [0.25, 0.3) is 5.95 Å². The minimum absolute atomic E-state index is 0.598. The molecule has 1 fully saturated rings. The van der Waals surface area contributed by atoms with Crippen LogP contribution in [-0.2, 0) is 0 Å². The molecule has 0 amide bonds. The molecule has 1 saturated heterocycles. The van der Waals surface area contributed by atoms with Gasteiger partial charge in [-0.05, 0) is 18.8 Å². The molecule has 3 rings (SSSR count). The number of rotatable bonds is 4. The minimum Gasteiger partial charge on any atom is -0.354 e. The molecule has 3 heterocycles. The van der Waals surface area contributed by atoms with Gasteiger partial charge in [0.05, 0.1) is 0 Å². The zero-order valence-electron chi connectivity index (χ0n) is 12.7. The number of nitrogens with zero attached hydrogens (tertiary/aromatic N) is 6. The Bertz CT molecular complexity index is 585. The predicted molar refractivity (Wildman–Crippen MR) is 81.7 cm³/mol. The van der Waals surface area contributed by atoms with Crippen molar-refractivity contribution in [3.05, 3.63) is 18.7 Å². The summed E-state index contributed by atoms with van der Waals surface area (Å²) in [4.78, 5) is 19.9. The molecular formula is C14H21N7. The molecule has 0 aliphatic carbocycles. The first-order chi connectivity index (χ1) is 10.2. The lowest BCUT2D eigenvalue weighted by molar-refractivity contribution is 0.494. The van der Waals surface area contributed by atoms with Gasteiger partial charge in [0, 0.05) is 32.0 Å². The van der Waals surface area contributed by atoms with Crippen molar-refractivity contribution in [2.24, 2.45) is 11.8 Å². The summed E-state index contributed by atoms with van der Waals surface area (Å²) < 4.78 is 1.80. The van der Waals surface area contributed by atoms with E-state index < -0.39 is 0 Å². The first-order valence-corrected chi connectivity index (χ1v) is 7.40. The number of imidazole rings is 1. The summed E-state index contributed by atoms with van der Waals surface area (Å²) in [6.07, 6.45) is 5.25.